The van der Waals surface area contributed by atoms with Crippen molar-refractivity contribution in [2.24, 2.45) is 22.9 Å². The maximum atomic E-state index is 12.3. The predicted octanol–water partition coefficient (Wildman–Crippen LogP) is 2.10. The van der Waals surface area contributed by atoms with E-state index in [9.17, 15) is 9.59 Å². The molecule has 0 aromatic carbocycles. The van der Waals surface area contributed by atoms with Crippen molar-refractivity contribution in [2.75, 3.05) is 26.3 Å². The molecule has 5 atom stereocenters. The minimum atomic E-state index is -0.254. The summed E-state index contributed by atoms with van der Waals surface area (Å²) in [6.45, 7) is 4.07. The average molecular weight is 392 g/mol. The molecule has 0 spiro atoms. The lowest BCUT2D eigenvalue weighted by Gasteiger charge is -2.29. The van der Waals surface area contributed by atoms with Gasteiger partial charge in [0.1, 0.15) is 6.10 Å². The topological polar surface area (TPSA) is 80.2 Å². The molecule has 7 nitrogen and oxygen atoms in total. The van der Waals surface area contributed by atoms with Gasteiger partial charge in [-0.1, -0.05) is 11.6 Å². The van der Waals surface area contributed by atoms with Gasteiger partial charge in [-0.2, -0.15) is 0 Å². The van der Waals surface area contributed by atoms with E-state index in [-0.39, 0.29) is 30.6 Å². The molecule has 2 heterocycles. The number of carbonyl (C=O) groups is 2. The minimum Gasteiger partial charge on any atom is -0.386 e. The van der Waals surface area contributed by atoms with Gasteiger partial charge in [0.25, 0.3) is 11.8 Å². The van der Waals surface area contributed by atoms with E-state index in [4.69, 9.17) is 9.57 Å². The summed E-state index contributed by atoms with van der Waals surface area (Å²) in [5.41, 5.74) is 0.922. The standard InChI is InChI=1S/C21H33N3O4/c1-14(18-12-15-4-5-16(18)11-15)22-20(25)13-28-23-17-6-8-24(9-7-17)21(26)19-3-2-10-27-19/h14-16,18-19H,2-13H2,1H3,(H,22,25)/t14-,15-,16-,18-,19-/m0/s1. The number of amides is 2. The van der Waals surface area contributed by atoms with Gasteiger partial charge in [0, 0.05) is 38.6 Å². The number of carbonyl (C=O) groups excluding carboxylic acids is 2. The minimum absolute atomic E-state index is 0.0345. The number of ether oxygens (including phenoxy) is 1. The first-order chi connectivity index (χ1) is 13.6. The summed E-state index contributed by atoms with van der Waals surface area (Å²) in [5, 5.41) is 7.24. The van der Waals surface area contributed by atoms with Crippen LogP contribution >= 0.6 is 0 Å². The fourth-order valence-corrected chi connectivity index (χ4v) is 5.54. The van der Waals surface area contributed by atoms with Crippen LogP contribution in [0.3, 0.4) is 0 Å². The van der Waals surface area contributed by atoms with Gasteiger partial charge in [-0.25, -0.2) is 0 Å². The van der Waals surface area contributed by atoms with E-state index >= 15 is 0 Å². The van der Waals surface area contributed by atoms with Crippen LogP contribution in [-0.2, 0) is 19.2 Å². The van der Waals surface area contributed by atoms with Gasteiger partial charge in [0.2, 0.25) is 0 Å². The highest BCUT2D eigenvalue weighted by Gasteiger charge is 2.42. The van der Waals surface area contributed by atoms with Crippen molar-refractivity contribution in [2.45, 2.75) is 70.4 Å². The molecule has 0 radical (unpaired) electrons. The van der Waals surface area contributed by atoms with Gasteiger partial charge in [0.15, 0.2) is 6.61 Å². The molecule has 156 valence electrons. The van der Waals surface area contributed by atoms with Gasteiger partial charge < -0.3 is 19.8 Å². The van der Waals surface area contributed by atoms with E-state index in [2.05, 4.69) is 17.4 Å². The Morgan fingerprint density at radius 2 is 2.07 bits per heavy atom. The highest BCUT2D eigenvalue weighted by atomic mass is 16.6. The van der Waals surface area contributed by atoms with Crippen LogP contribution in [-0.4, -0.2) is 60.9 Å². The highest BCUT2D eigenvalue weighted by molar-refractivity contribution is 5.88. The van der Waals surface area contributed by atoms with Crippen molar-refractivity contribution in [1.29, 1.82) is 0 Å². The lowest BCUT2D eigenvalue weighted by molar-refractivity contribution is -0.141. The maximum Gasteiger partial charge on any atom is 0.260 e. The van der Waals surface area contributed by atoms with E-state index in [1.807, 2.05) is 4.90 Å². The molecule has 0 aromatic rings. The van der Waals surface area contributed by atoms with Crippen molar-refractivity contribution in [1.82, 2.24) is 10.2 Å². The van der Waals surface area contributed by atoms with E-state index in [1.165, 1.54) is 25.7 Å². The first-order valence-corrected chi connectivity index (χ1v) is 11.0. The first-order valence-electron chi connectivity index (χ1n) is 11.0. The molecule has 0 aromatic heterocycles. The quantitative estimate of drug-likeness (QED) is 0.703. The summed E-state index contributed by atoms with van der Waals surface area (Å²) >= 11 is 0. The van der Waals surface area contributed by atoms with Crippen LogP contribution in [0.5, 0.6) is 0 Å². The van der Waals surface area contributed by atoms with E-state index in [1.54, 1.807) is 0 Å². The van der Waals surface area contributed by atoms with Crippen LogP contribution in [0, 0.1) is 17.8 Å². The Morgan fingerprint density at radius 3 is 2.71 bits per heavy atom. The zero-order chi connectivity index (χ0) is 19.5. The lowest BCUT2D eigenvalue weighted by atomic mass is 9.84. The fraction of sp³-hybridized carbons (Fsp3) is 0.857. The Hall–Kier alpha value is -1.63. The summed E-state index contributed by atoms with van der Waals surface area (Å²) in [6.07, 6.45) is 8.24. The van der Waals surface area contributed by atoms with Crippen molar-refractivity contribution < 1.29 is 19.2 Å². The van der Waals surface area contributed by atoms with E-state index < -0.39 is 0 Å². The van der Waals surface area contributed by atoms with Crippen molar-refractivity contribution in [3.63, 3.8) is 0 Å². The molecule has 2 aliphatic heterocycles. The number of oxime groups is 1. The third-order valence-corrected chi connectivity index (χ3v) is 7.07. The summed E-state index contributed by atoms with van der Waals surface area (Å²) in [7, 11) is 0. The Kier molecular flexibility index (Phi) is 6.19. The molecule has 1 N–H and O–H groups in total. The number of hydrogen-bond donors (Lipinski definition) is 1. The Balaban J connectivity index is 1.14. The highest BCUT2D eigenvalue weighted by Crippen LogP contribution is 2.49. The normalized spacial score (nSPS) is 33.0. The SMILES string of the molecule is C[C@H](NC(=O)CON=C1CCN(C(=O)[C@@H]2CCCO2)CC1)[C@@H]1C[C@H]2CC[C@H]1C2. The number of nitrogens with zero attached hydrogens (tertiary/aromatic N) is 2. The molecular weight excluding hydrogens is 358 g/mol. The van der Waals surface area contributed by atoms with Crippen molar-refractivity contribution in [3.8, 4) is 0 Å². The number of hydrogen-bond acceptors (Lipinski definition) is 5. The number of fused-ring (bicyclic) bond motifs is 2. The van der Waals surface area contributed by atoms with Crippen molar-refractivity contribution in [3.05, 3.63) is 0 Å². The molecule has 0 unspecified atom stereocenters. The smallest absolute Gasteiger partial charge is 0.260 e. The van der Waals surface area contributed by atoms with Gasteiger partial charge in [0.05, 0.1) is 5.71 Å². The fourth-order valence-electron chi connectivity index (χ4n) is 5.54. The predicted molar refractivity (Wildman–Crippen MR) is 105 cm³/mol. The van der Waals surface area contributed by atoms with Crippen LogP contribution in [0.4, 0.5) is 0 Å². The Bertz CT molecular complexity index is 607. The Labute approximate surface area is 167 Å². The van der Waals surface area contributed by atoms with Crippen LogP contribution < -0.4 is 5.32 Å². The van der Waals surface area contributed by atoms with E-state index in [0.717, 1.165) is 30.4 Å². The monoisotopic (exact) mass is 391 g/mol. The number of rotatable bonds is 6. The zero-order valence-electron chi connectivity index (χ0n) is 16.9. The molecule has 4 aliphatic rings. The third kappa shape index (κ3) is 4.50. The molecule has 2 saturated carbocycles. The van der Waals surface area contributed by atoms with Gasteiger partial charge in [-0.05, 0) is 56.8 Å². The van der Waals surface area contributed by atoms with Gasteiger partial charge >= 0.3 is 0 Å². The molecule has 2 amide bonds. The molecule has 2 bridgehead atoms. The summed E-state index contributed by atoms with van der Waals surface area (Å²) in [4.78, 5) is 31.7. The second-order valence-electron chi connectivity index (χ2n) is 8.95. The number of likely N-dealkylation sites (tertiary alicyclic amines) is 1. The summed E-state index contributed by atoms with van der Waals surface area (Å²) in [6, 6.07) is 0.214. The Morgan fingerprint density at radius 1 is 1.25 bits per heavy atom. The van der Waals surface area contributed by atoms with Crippen molar-refractivity contribution >= 4 is 17.5 Å². The largest absolute Gasteiger partial charge is 0.386 e. The second kappa shape index (κ2) is 8.80. The summed E-state index contributed by atoms with van der Waals surface area (Å²) in [5.74, 6) is 2.32. The third-order valence-electron chi connectivity index (χ3n) is 7.07. The van der Waals surface area contributed by atoms with Gasteiger partial charge in [-0.15, -0.1) is 0 Å². The van der Waals surface area contributed by atoms with Crippen LogP contribution in [0.1, 0.15) is 58.3 Å². The zero-order valence-corrected chi connectivity index (χ0v) is 16.9. The van der Waals surface area contributed by atoms with Crippen LogP contribution in [0.2, 0.25) is 0 Å². The molecule has 4 rings (SSSR count). The van der Waals surface area contributed by atoms with Crippen LogP contribution in [0.15, 0.2) is 5.16 Å². The second-order valence-corrected chi connectivity index (χ2v) is 8.95. The number of nitrogens with one attached hydrogen (secondary N) is 1. The van der Waals surface area contributed by atoms with E-state index in [0.29, 0.717) is 38.5 Å². The lowest BCUT2D eigenvalue weighted by Crippen LogP contribution is -2.44. The molecule has 4 fully saturated rings. The van der Waals surface area contributed by atoms with Gasteiger partial charge in [-0.3, -0.25) is 9.59 Å². The van der Waals surface area contributed by atoms with Crippen LogP contribution in [0.25, 0.3) is 0 Å². The first kappa shape index (κ1) is 19.7. The maximum absolute atomic E-state index is 12.3. The number of piperidine rings is 1. The molecule has 2 aliphatic carbocycles. The molecule has 7 heteroatoms. The molecule has 28 heavy (non-hydrogen) atoms. The summed E-state index contributed by atoms with van der Waals surface area (Å²) < 4.78 is 5.48. The average Bonchev–Trinajstić information content (AvgIpc) is 3.46. The molecule has 2 saturated heterocycles. The molecular formula is C21H33N3O4.